The number of amides is 1. The fraction of sp³-hybridized carbons (Fsp3) is 0. The monoisotopic (exact) mass is 342 g/mol. The Kier molecular flexibility index (Phi) is 4.52. The maximum Gasteiger partial charge on any atom is 0.272 e. The zero-order valence-corrected chi connectivity index (χ0v) is 12.2. The van der Waals surface area contributed by atoms with Crippen LogP contribution in [0.3, 0.4) is 0 Å². The molecular weight excluding hydrogens is 336 g/mol. The molecule has 0 radical (unpaired) electrons. The van der Waals surface area contributed by atoms with Crippen LogP contribution in [-0.2, 0) is 0 Å². The zero-order valence-electron chi connectivity index (χ0n) is 9.06. The largest absolute Gasteiger partial charge is 0.272 e. The molecule has 92 valence electrons. The minimum absolute atomic E-state index is 0.326. The topological polar surface area (TPSA) is 41.5 Å². The lowest BCUT2D eigenvalue weighted by Gasteiger charge is -2.01. The second-order valence-electron chi connectivity index (χ2n) is 3.32. The van der Waals surface area contributed by atoms with Crippen molar-refractivity contribution in [3.05, 3.63) is 55.6 Å². The minimum atomic E-state index is -0.326. The lowest BCUT2D eigenvalue weighted by molar-refractivity contribution is 0.0955. The second kappa shape index (κ2) is 6.13. The van der Waals surface area contributed by atoms with Crippen LogP contribution in [0.4, 0.5) is 0 Å². The number of nitrogens with one attached hydrogen (secondary N) is 1. The van der Waals surface area contributed by atoms with Gasteiger partial charge in [-0.15, -0.1) is 11.3 Å². The molecule has 18 heavy (non-hydrogen) atoms. The molecule has 0 fully saturated rings. The van der Waals surface area contributed by atoms with Crippen LogP contribution >= 0.6 is 38.9 Å². The average molecular weight is 344 g/mol. The van der Waals surface area contributed by atoms with Crippen LogP contribution < -0.4 is 5.43 Å². The van der Waals surface area contributed by atoms with Crippen LogP contribution in [0.1, 0.15) is 15.2 Å². The molecule has 1 aromatic carbocycles. The molecule has 1 N–H and O–H groups in total. The summed E-state index contributed by atoms with van der Waals surface area (Å²) < 4.78 is 1.02. The van der Waals surface area contributed by atoms with Crippen LogP contribution in [-0.4, -0.2) is 12.1 Å². The van der Waals surface area contributed by atoms with Gasteiger partial charge in [0.15, 0.2) is 0 Å². The molecule has 1 heterocycles. The van der Waals surface area contributed by atoms with Crippen molar-refractivity contribution >= 4 is 51.0 Å². The van der Waals surface area contributed by atoms with Gasteiger partial charge in [0.05, 0.1) is 20.6 Å². The van der Waals surface area contributed by atoms with Crippen LogP contribution in [0.15, 0.2) is 45.3 Å². The first-order chi connectivity index (χ1) is 8.66. The fourth-order valence-corrected chi connectivity index (χ4v) is 2.77. The molecule has 0 saturated carbocycles. The summed E-state index contributed by atoms with van der Waals surface area (Å²) in [6.07, 6.45) is 1.59. The van der Waals surface area contributed by atoms with E-state index in [0.717, 1.165) is 8.66 Å². The Hall–Kier alpha value is -1.17. The van der Waals surface area contributed by atoms with E-state index in [1.807, 2.05) is 12.1 Å². The first-order valence-corrected chi connectivity index (χ1v) is 6.99. The number of rotatable bonds is 3. The van der Waals surface area contributed by atoms with Gasteiger partial charge >= 0.3 is 0 Å². The molecule has 0 aliphatic heterocycles. The Balaban J connectivity index is 2.01. The van der Waals surface area contributed by atoms with E-state index in [9.17, 15) is 4.79 Å². The lowest BCUT2D eigenvalue weighted by atomic mass is 10.2. The molecule has 1 amide bonds. The lowest BCUT2D eigenvalue weighted by Crippen LogP contribution is -2.17. The summed E-state index contributed by atoms with van der Waals surface area (Å²) >= 11 is 10.8. The van der Waals surface area contributed by atoms with Gasteiger partial charge < -0.3 is 0 Å². The van der Waals surface area contributed by atoms with Crippen LogP contribution in [0, 0.1) is 0 Å². The van der Waals surface area contributed by atoms with Gasteiger partial charge in [0.1, 0.15) is 0 Å². The molecule has 6 heteroatoms. The SMILES string of the molecule is O=C(NN=Cc1ccc(Br)s1)c1ccccc1Cl. The standard InChI is InChI=1S/C12H8BrClN2OS/c13-11-6-5-8(18-11)7-15-16-12(17)9-3-1-2-4-10(9)14/h1-7H,(H,16,17). The first-order valence-electron chi connectivity index (χ1n) is 5.00. The highest BCUT2D eigenvalue weighted by atomic mass is 79.9. The quantitative estimate of drug-likeness (QED) is 0.666. The Bertz CT molecular complexity index is 597. The number of hydrazone groups is 1. The third-order valence-corrected chi connectivity index (χ3v) is 3.96. The smallest absolute Gasteiger partial charge is 0.267 e. The first kappa shape index (κ1) is 13.3. The van der Waals surface area contributed by atoms with Crippen LogP contribution in [0.5, 0.6) is 0 Å². The van der Waals surface area contributed by atoms with E-state index in [1.54, 1.807) is 30.5 Å². The van der Waals surface area contributed by atoms with Crippen molar-refractivity contribution in [3.8, 4) is 0 Å². The molecule has 0 bridgehead atoms. The molecule has 2 aromatic rings. The van der Waals surface area contributed by atoms with Gasteiger partial charge in [0, 0.05) is 4.88 Å². The number of benzene rings is 1. The number of hydrogen-bond acceptors (Lipinski definition) is 3. The molecule has 1 aromatic heterocycles. The molecule has 0 unspecified atom stereocenters. The van der Waals surface area contributed by atoms with E-state index in [-0.39, 0.29) is 5.91 Å². The summed E-state index contributed by atoms with van der Waals surface area (Å²) in [6.45, 7) is 0. The number of thiophene rings is 1. The molecule has 0 atom stereocenters. The maximum atomic E-state index is 11.7. The van der Waals surface area contributed by atoms with Gasteiger partial charge in [-0.25, -0.2) is 5.43 Å². The predicted octanol–water partition coefficient (Wildman–Crippen LogP) is 3.93. The summed E-state index contributed by atoms with van der Waals surface area (Å²) in [5, 5.41) is 4.29. The normalized spacial score (nSPS) is 10.8. The Labute approximate surface area is 122 Å². The summed E-state index contributed by atoms with van der Waals surface area (Å²) in [5.41, 5.74) is 2.84. The highest BCUT2D eigenvalue weighted by Gasteiger charge is 2.07. The summed E-state index contributed by atoms with van der Waals surface area (Å²) in [5.74, 6) is -0.326. The fourth-order valence-electron chi connectivity index (χ4n) is 1.26. The predicted molar refractivity (Wildman–Crippen MR) is 78.5 cm³/mol. The van der Waals surface area contributed by atoms with Crippen molar-refractivity contribution in [2.45, 2.75) is 0 Å². The van der Waals surface area contributed by atoms with Crippen molar-refractivity contribution in [3.63, 3.8) is 0 Å². The van der Waals surface area contributed by atoms with Gasteiger partial charge in [-0.2, -0.15) is 5.10 Å². The van der Waals surface area contributed by atoms with E-state index in [4.69, 9.17) is 11.6 Å². The van der Waals surface area contributed by atoms with Crippen molar-refractivity contribution in [1.29, 1.82) is 0 Å². The minimum Gasteiger partial charge on any atom is -0.267 e. The van der Waals surface area contributed by atoms with Gasteiger partial charge in [-0.3, -0.25) is 4.79 Å². The van der Waals surface area contributed by atoms with Gasteiger partial charge in [-0.1, -0.05) is 23.7 Å². The molecule has 0 spiro atoms. The Morgan fingerprint density at radius 3 is 2.78 bits per heavy atom. The number of hydrogen-bond donors (Lipinski definition) is 1. The Morgan fingerprint density at radius 1 is 1.33 bits per heavy atom. The molecule has 3 nitrogen and oxygen atoms in total. The van der Waals surface area contributed by atoms with E-state index in [2.05, 4.69) is 26.5 Å². The highest BCUT2D eigenvalue weighted by Crippen LogP contribution is 2.20. The van der Waals surface area contributed by atoms with Gasteiger partial charge in [0.25, 0.3) is 5.91 Å². The number of carbonyl (C=O) groups excluding carboxylic acids is 1. The van der Waals surface area contributed by atoms with E-state index >= 15 is 0 Å². The van der Waals surface area contributed by atoms with E-state index in [1.165, 1.54) is 11.3 Å². The van der Waals surface area contributed by atoms with E-state index < -0.39 is 0 Å². The summed E-state index contributed by atoms with van der Waals surface area (Å²) in [7, 11) is 0. The number of nitrogens with zero attached hydrogens (tertiary/aromatic N) is 1. The zero-order chi connectivity index (χ0) is 13.0. The third kappa shape index (κ3) is 3.41. The number of carbonyl (C=O) groups is 1. The van der Waals surface area contributed by atoms with Crippen LogP contribution in [0.2, 0.25) is 5.02 Å². The van der Waals surface area contributed by atoms with Gasteiger partial charge in [-0.05, 0) is 40.2 Å². The molecule has 0 aliphatic carbocycles. The van der Waals surface area contributed by atoms with Crippen molar-refractivity contribution < 1.29 is 4.79 Å². The average Bonchev–Trinajstić information content (AvgIpc) is 2.75. The van der Waals surface area contributed by atoms with Crippen LogP contribution in [0.25, 0.3) is 0 Å². The van der Waals surface area contributed by atoms with Crippen molar-refractivity contribution in [2.75, 3.05) is 0 Å². The molecular formula is C12H8BrClN2OS. The summed E-state index contributed by atoms with van der Waals surface area (Å²) in [4.78, 5) is 12.7. The second-order valence-corrected chi connectivity index (χ2v) is 6.22. The van der Waals surface area contributed by atoms with Crippen molar-refractivity contribution in [1.82, 2.24) is 5.43 Å². The third-order valence-electron chi connectivity index (χ3n) is 2.07. The van der Waals surface area contributed by atoms with E-state index in [0.29, 0.717) is 10.6 Å². The molecule has 2 rings (SSSR count). The molecule has 0 saturated heterocycles. The Morgan fingerprint density at radius 2 is 2.11 bits per heavy atom. The van der Waals surface area contributed by atoms with Crippen molar-refractivity contribution in [2.24, 2.45) is 5.10 Å². The summed E-state index contributed by atoms with van der Waals surface area (Å²) in [6, 6.07) is 10.7. The maximum absolute atomic E-state index is 11.7. The molecule has 0 aliphatic rings. The number of halogens is 2. The van der Waals surface area contributed by atoms with Gasteiger partial charge in [0.2, 0.25) is 0 Å². The highest BCUT2D eigenvalue weighted by molar-refractivity contribution is 9.11.